The van der Waals surface area contributed by atoms with Gasteiger partial charge in [0.2, 0.25) is 5.91 Å². The van der Waals surface area contributed by atoms with Crippen LogP contribution in [0.15, 0.2) is 24.3 Å². The zero-order chi connectivity index (χ0) is 15.8. The molecule has 0 N–H and O–H groups in total. The Morgan fingerprint density at radius 1 is 1.14 bits per heavy atom. The summed E-state index contributed by atoms with van der Waals surface area (Å²) in [5.74, 6) is -0.868. The fourth-order valence-corrected chi connectivity index (χ4v) is 1.81. The van der Waals surface area contributed by atoms with Gasteiger partial charge in [-0.2, -0.15) is 0 Å². The first-order valence-corrected chi connectivity index (χ1v) is 7.00. The number of ether oxygens (including phenoxy) is 1. The minimum Gasteiger partial charge on any atom is -0.465 e. The van der Waals surface area contributed by atoms with Crippen molar-refractivity contribution in [2.24, 2.45) is 0 Å². The van der Waals surface area contributed by atoms with Crippen molar-refractivity contribution in [1.29, 1.82) is 0 Å². The molecule has 0 bridgehead atoms. The lowest BCUT2D eigenvalue weighted by molar-refractivity contribution is -0.148. The molecular weight excluding hydrogens is 294 g/mol. The molecule has 0 saturated heterocycles. The summed E-state index contributed by atoms with van der Waals surface area (Å²) in [5.41, 5.74) is 0.514. The van der Waals surface area contributed by atoms with E-state index >= 15 is 0 Å². The summed E-state index contributed by atoms with van der Waals surface area (Å²) in [6.45, 7) is 1.86. The van der Waals surface area contributed by atoms with E-state index in [0.29, 0.717) is 10.6 Å². The minimum absolute atomic E-state index is 0.0529. The van der Waals surface area contributed by atoms with Gasteiger partial charge in [0.25, 0.3) is 0 Å². The molecule has 1 aromatic rings. The molecule has 1 rings (SSSR count). The van der Waals surface area contributed by atoms with Crippen molar-refractivity contribution in [3.63, 3.8) is 0 Å². The zero-order valence-corrected chi connectivity index (χ0v) is 12.9. The third kappa shape index (κ3) is 5.95. The molecule has 0 fully saturated rings. The smallest absolute Gasteiger partial charge is 0.325 e. The maximum absolute atomic E-state index is 11.9. The van der Waals surface area contributed by atoms with E-state index in [2.05, 4.69) is 0 Å². The molecule has 0 aromatic heterocycles. The van der Waals surface area contributed by atoms with E-state index in [1.54, 1.807) is 31.2 Å². The van der Waals surface area contributed by atoms with Gasteiger partial charge in [-0.3, -0.25) is 14.4 Å². The molecule has 0 heterocycles. The lowest BCUT2D eigenvalue weighted by Crippen LogP contribution is -2.33. The van der Waals surface area contributed by atoms with Crippen molar-refractivity contribution in [2.75, 3.05) is 20.2 Å². The second kappa shape index (κ2) is 8.42. The summed E-state index contributed by atoms with van der Waals surface area (Å²) >= 11 is 5.74. The Labute approximate surface area is 128 Å². The van der Waals surface area contributed by atoms with Gasteiger partial charge in [-0.25, -0.2) is 0 Å². The fraction of sp³-hybridized carbons (Fsp3) is 0.400. The van der Waals surface area contributed by atoms with Crippen molar-refractivity contribution in [3.8, 4) is 0 Å². The molecule has 6 heteroatoms. The van der Waals surface area contributed by atoms with Crippen molar-refractivity contribution in [3.05, 3.63) is 34.9 Å². The number of halogens is 1. The average molecular weight is 312 g/mol. The summed E-state index contributed by atoms with van der Waals surface area (Å²) in [6.07, 6.45) is 0.144. The van der Waals surface area contributed by atoms with E-state index in [1.165, 1.54) is 11.9 Å². The van der Waals surface area contributed by atoms with E-state index in [4.69, 9.17) is 16.3 Å². The van der Waals surface area contributed by atoms with E-state index in [1.807, 2.05) is 0 Å². The number of carbonyl (C=O) groups is 3. The van der Waals surface area contributed by atoms with Crippen molar-refractivity contribution in [2.45, 2.75) is 19.8 Å². The summed E-state index contributed by atoms with van der Waals surface area (Å²) in [4.78, 5) is 36.2. The van der Waals surface area contributed by atoms with Crippen molar-refractivity contribution < 1.29 is 19.1 Å². The standard InChI is InChI=1S/C15H18ClNO4/c1-3-21-15(20)10-17(2)14(19)9-8-13(18)11-4-6-12(16)7-5-11/h4-7H,3,8-10H2,1-2H3. The maximum Gasteiger partial charge on any atom is 0.325 e. The van der Waals surface area contributed by atoms with Gasteiger partial charge in [-0.1, -0.05) is 11.6 Å². The number of likely N-dealkylation sites (N-methyl/N-ethyl adjacent to an activating group) is 1. The Balaban J connectivity index is 2.43. The number of benzene rings is 1. The molecule has 0 aliphatic carbocycles. The van der Waals surface area contributed by atoms with Gasteiger partial charge < -0.3 is 9.64 Å². The molecule has 0 aliphatic heterocycles. The lowest BCUT2D eigenvalue weighted by atomic mass is 10.1. The number of hydrogen-bond donors (Lipinski definition) is 0. The van der Waals surface area contributed by atoms with Gasteiger partial charge in [0.1, 0.15) is 6.54 Å². The maximum atomic E-state index is 11.9. The highest BCUT2D eigenvalue weighted by molar-refractivity contribution is 6.30. The molecule has 1 aromatic carbocycles. The van der Waals surface area contributed by atoms with Crippen LogP contribution >= 0.6 is 11.6 Å². The van der Waals surface area contributed by atoms with Crippen molar-refractivity contribution >= 4 is 29.3 Å². The molecule has 114 valence electrons. The third-order valence-corrected chi connectivity index (χ3v) is 3.08. The Morgan fingerprint density at radius 2 is 1.76 bits per heavy atom. The molecule has 0 unspecified atom stereocenters. The highest BCUT2D eigenvalue weighted by Gasteiger charge is 2.15. The minimum atomic E-state index is -0.461. The first kappa shape index (κ1) is 17.2. The molecule has 0 radical (unpaired) electrons. The number of hydrogen-bond acceptors (Lipinski definition) is 4. The summed E-state index contributed by atoms with van der Waals surface area (Å²) in [7, 11) is 1.51. The summed E-state index contributed by atoms with van der Waals surface area (Å²) in [6, 6.07) is 6.50. The quantitative estimate of drug-likeness (QED) is 0.572. The monoisotopic (exact) mass is 311 g/mol. The van der Waals surface area contributed by atoms with Crippen LogP contribution < -0.4 is 0 Å². The number of rotatable bonds is 7. The predicted molar refractivity (Wildman–Crippen MR) is 79.3 cm³/mol. The molecule has 0 spiro atoms. The average Bonchev–Trinajstić information content (AvgIpc) is 2.45. The van der Waals surface area contributed by atoms with Crippen LogP contribution in [0, 0.1) is 0 Å². The van der Waals surface area contributed by atoms with Crippen LogP contribution in [0.1, 0.15) is 30.1 Å². The van der Waals surface area contributed by atoms with Crippen molar-refractivity contribution in [1.82, 2.24) is 4.90 Å². The van der Waals surface area contributed by atoms with Crippen LogP contribution in [0.3, 0.4) is 0 Å². The second-order valence-corrected chi connectivity index (χ2v) is 4.92. The third-order valence-electron chi connectivity index (χ3n) is 2.83. The number of esters is 1. The van der Waals surface area contributed by atoms with E-state index in [0.717, 1.165) is 0 Å². The molecule has 21 heavy (non-hydrogen) atoms. The Kier molecular flexibility index (Phi) is 6.88. The Morgan fingerprint density at radius 3 is 2.33 bits per heavy atom. The largest absolute Gasteiger partial charge is 0.465 e. The lowest BCUT2D eigenvalue weighted by Gasteiger charge is -2.15. The second-order valence-electron chi connectivity index (χ2n) is 4.48. The molecule has 0 aliphatic rings. The fourth-order valence-electron chi connectivity index (χ4n) is 1.68. The van der Waals surface area contributed by atoms with Gasteiger partial charge in [-0.05, 0) is 31.2 Å². The van der Waals surface area contributed by atoms with Gasteiger partial charge in [-0.15, -0.1) is 0 Å². The Bertz CT molecular complexity index is 513. The van der Waals surface area contributed by atoms with Gasteiger partial charge >= 0.3 is 5.97 Å². The van der Waals surface area contributed by atoms with Gasteiger partial charge in [0.15, 0.2) is 5.78 Å². The van der Waals surface area contributed by atoms with Crippen LogP contribution in [0.2, 0.25) is 5.02 Å². The van der Waals surface area contributed by atoms with E-state index in [-0.39, 0.29) is 37.7 Å². The summed E-state index contributed by atoms with van der Waals surface area (Å²) in [5, 5.41) is 0.553. The number of carbonyl (C=O) groups excluding carboxylic acids is 3. The molecular formula is C15H18ClNO4. The summed E-state index contributed by atoms with van der Waals surface area (Å²) < 4.78 is 4.76. The van der Waals surface area contributed by atoms with E-state index < -0.39 is 5.97 Å². The number of ketones is 1. The number of nitrogens with zero attached hydrogens (tertiary/aromatic N) is 1. The topological polar surface area (TPSA) is 63.7 Å². The zero-order valence-electron chi connectivity index (χ0n) is 12.1. The predicted octanol–water partition coefficient (Wildman–Crippen LogP) is 2.32. The van der Waals surface area contributed by atoms with Crippen LogP contribution in [0.5, 0.6) is 0 Å². The SMILES string of the molecule is CCOC(=O)CN(C)C(=O)CCC(=O)c1ccc(Cl)cc1. The highest BCUT2D eigenvalue weighted by atomic mass is 35.5. The molecule has 0 atom stereocenters. The first-order valence-electron chi connectivity index (χ1n) is 6.62. The first-order chi connectivity index (χ1) is 9.93. The molecule has 0 saturated carbocycles. The van der Waals surface area contributed by atoms with Crippen LogP contribution in [-0.4, -0.2) is 42.8 Å². The van der Waals surface area contributed by atoms with Crippen LogP contribution in [0.4, 0.5) is 0 Å². The highest BCUT2D eigenvalue weighted by Crippen LogP contribution is 2.12. The normalized spacial score (nSPS) is 10.0. The van der Waals surface area contributed by atoms with Crippen LogP contribution in [0.25, 0.3) is 0 Å². The molecule has 1 amide bonds. The van der Waals surface area contributed by atoms with Gasteiger partial charge in [0, 0.05) is 30.5 Å². The molecule has 5 nitrogen and oxygen atoms in total. The Hall–Kier alpha value is -1.88. The van der Waals surface area contributed by atoms with Crippen LogP contribution in [-0.2, 0) is 14.3 Å². The van der Waals surface area contributed by atoms with Gasteiger partial charge in [0.05, 0.1) is 6.61 Å². The number of Topliss-reactive ketones (excluding diaryl/α,β-unsaturated/α-hetero) is 1. The van der Waals surface area contributed by atoms with E-state index in [9.17, 15) is 14.4 Å². The number of amides is 1.